The lowest BCUT2D eigenvalue weighted by atomic mass is 9.83. The Morgan fingerprint density at radius 2 is 1.33 bits per heavy atom. The van der Waals surface area contributed by atoms with E-state index in [-0.39, 0.29) is 24.2 Å². The second-order valence-electron chi connectivity index (χ2n) is 12.3. The van der Waals surface area contributed by atoms with Gasteiger partial charge in [0.15, 0.2) is 24.0 Å². The maximum absolute atomic E-state index is 14.3. The smallest absolute Gasteiger partial charge is 0.339 e. The highest BCUT2D eigenvalue weighted by molar-refractivity contribution is 5.96. The molecular weight excluding hydrogens is 666 g/mol. The van der Waals surface area contributed by atoms with E-state index in [1.165, 1.54) is 4.68 Å². The van der Waals surface area contributed by atoms with Crippen LogP contribution in [-0.2, 0) is 42.9 Å². The van der Waals surface area contributed by atoms with E-state index >= 15 is 0 Å². The molecule has 0 bridgehead atoms. The molecule has 2 aromatic carbocycles. The molecule has 15 nitrogen and oxygen atoms in total. The fourth-order valence-electron chi connectivity index (χ4n) is 6.45. The van der Waals surface area contributed by atoms with Gasteiger partial charge in [-0.3, -0.25) is 28.7 Å². The van der Waals surface area contributed by atoms with Crippen LogP contribution < -0.4 is 10.2 Å². The third kappa shape index (κ3) is 7.77. The predicted octanol–water partition coefficient (Wildman–Crippen LogP) is 2.55. The predicted molar refractivity (Wildman–Crippen MR) is 176 cm³/mol. The number of aromatic nitrogens is 2. The molecule has 1 amide bonds. The molecule has 0 saturated carbocycles. The number of methoxy groups -OCH3 is 1. The number of fused-ring (bicyclic) bond motifs is 1. The molecule has 0 radical (unpaired) electrons. The van der Waals surface area contributed by atoms with Gasteiger partial charge < -0.3 is 33.3 Å². The van der Waals surface area contributed by atoms with Crippen molar-refractivity contribution in [3.05, 3.63) is 93.9 Å². The largest absolute Gasteiger partial charge is 0.467 e. The van der Waals surface area contributed by atoms with Crippen LogP contribution in [0.2, 0.25) is 0 Å². The Morgan fingerprint density at radius 1 is 0.804 bits per heavy atom. The lowest BCUT2D eigenvalue weighted by Gasteiger charge is -2.44. The average Bonchev–Trinajstić information content (AvgIpc) is 3.09. The Hall–Kier alpha value is -5.57. The van der Waals surface area contributed by atoms with Crippen molar-refractivity contribution in [2.24, 2.45) is 0 Å². The summed E-state index contributed by atoms with van der Waals surface area (Å²) in [5.41, 5.74) is 0.789. The molecule has 2 aliphatic rings. The maximum Gasteiger partial charge on any atom is 0.339 e. The molecule has 0 spiro atoms. The van der Waals surface area contributed by atoms with Gasteiger partial charge in [-0.15, -0.1) is 0 Å². The standard InChI is InChI=1S/C36H39N3O12/c1-19(2)38-18-25(27(23-13-9-7-10-14-23)24-15-11-8-12-16-24)39-28(34(38)44)29(26(43)17-37-39)50-36-33(49-22(5)42)31(48-21(4)41)30(47-20(3)40)32(51-36)35(45)46-6/h7-17,19,25,27,30-33,36H,18H2,1-6H3/t25-,30?,31?,32?,33?,36?/m1/s1. The molecule has 1 fully saturated rings. The van der Waals surface area contributed by atoms with Crippen LogP contribution in [0.1, 0.15) is 68.2 Å². The molecule has 51 heavy (non-hydrogen) atoms. The normalized spacial score (nSPS) is 22.9. The number of hydrogen-bond acceptors (Lipinski definition) is 13. The lowest BCUT2D eigenvalue weighted by molar-refractivity contribution is -0.282. The van der Waals surface area contributed by atoms with Crippen LogP contribution in [0.4, 0.5) is 0 Å². The molecule has 1 aromatic heterocycles. The Balaban J connectivity index is 1.69. The Morgan fingerprint density at radius 3 is 1.84 bits per heavy atom. The van der Waals surface area contributed by atoms with Gasteiger partial charge in [0.2, 0.25) is 23.6 Å². The minimum Gasteiger partial charge on any atom is -0.467 e. The summed E-state index contributed by atoms with van der Waals surface area (Å²) in [5, 5.41) is 4.44. The first-order valence-corrected chi connectivity index (χ1v) is 16.3. The van der Waals surface area contributed by atoms with Gasteiger partial charge in [0.25, 0.3) is 5.91 Å². The van der Waals surface area contributed by atoms with Crippen LogP contribution in [-0.4, -0.2) is 94.9 Å². The van der Waals surface area contributed by atoms with Crippen LogP contribution in [0.5, 0.6) is 5.75 Å². The maximum atomic E-state index is 14.3. The quantitative estimate of drug-likeness (QED) is 0.222. The van der Waals surface area contributed by atoms with E-state index in [9.17, 15) is 28.8 Å². The molecular formula is C36H39N3O12. The molecule has 270 valence electrons. The van der Waals surface area contributed by atoms with Crippen LogP contribution in [0.15, 0.2) is 71.7 Å². The van der Waals surface area contributed by atoms with Crippen molar-refractivity contribution < 1.29 is 52.4 Å². The van der Waals surface area contributed by atoms with Crippen molar-refractivity contribution in [1.29, 1.82) is 0 Å². The molecule has 5 unspecified atom stereocenters. The minimum absolute atomic E-state index is 0.215. The van der Waals surface area contributed by atoms with E-state index < -0.39 is 77.7 Å². The van der Waals surface area contributed by atoms with Gasteiger partial charge in [-0.25, -0.2) is 4.79 Å². The summed E-state index contributed by atoms with van der Waals surface area (Å²) in [5.74, 6) is -5.19. The molecule has 2 aliphatic heterocycles. The SMILES string of the molecule is COC(=O)C1OC(Oc2c3n(ncc2=O)[C@@H](C(c2ccccc2)c2ccccc2)CN(C(C)C)C3=O)C(OC(C)=O)C(OC(C)=O)C1OC(C)=O. The summed E-state index contributed by atoms with van der Waals surface area (Å²) in [6.07, 6.45) is -7.69. The molecule has 5 rings (SSSR count). The van der Waals surface area contributed by atoms with Crippen LogP contribution >= 0.6 is 0 Å². The first-order chi connectivity index (χ1) is 24.3. The van der Waals surface area contributed by atoms with Crippen LogP contribution in [0.25, 0.3) is 0 Å². The van der Waals surface area contributed by atoms with Crippen LogP contribution in [0, 0.1) is 0 Å². The monoisotopic (exact) mass is 705 g/mol. The van der Waals surface area contributed by atoms with Gasteiger partial charge in [-0.05, 0) is 25.0 Å². The highest BCUT2D eigenvalue weighted by atomic mass is 16.7. The molecule has 3 heterocycles. The second kappa shape index (κ2) is 15.5. The zero-order valence-electron chi connectivity index (χ0n) is 28.9. The summed E-state index contributed by atoms with van der Waals surface area (Å²) in [4.78, 5) is 79.4. The van der Waals surface area contributed by atoms with Crippen molar-refractivity contribution in [2.45, 2.75) is 83.3 Å². The number of rotatable bonds is 10. The number of ether oxygens (including phenoxy) is 6. The van der Waals surface area contributed by atoms with E-state index in [2.05, 4.69) is 5.10 Å². The summed E-state index contributed by atoms with van der Waals surface area (Å²) in [7, 11) is 1.05. The second-order valence-corrected chi connectivity index (χ2v) is 12.3. The zero-order chi connectivity index (χ0) is 37.0. The molecule has 6 atom stereocenters. The van der Waals surface area contributed by atoms with Gasteiger partial charge >= 0.3 is 23.9 Å². The van der Waals surface area contributed by atoms with Gasteiger partial charge in [-0.2, -0.15) is 5.10 Å². The zero-order valence-corrected chi connectivity index (χ0v) is 28.9. The van der Waals surface area contributed by atoms with E-state index in [1.54, 1.807) is 4.90 Å². The fraction of sp³-hybridized carbons (Fsp3) is 0.417. The van der Waals surface area contributed by atoms with Crippen molar-refractivity contribution in [3.8, 4) is 5.75 Å². The van der Waals surface area contributed by atoms with Crippen molar-refractivity contribution in [2.75, 3.05) is 13.7 Å². The third-order valence-electron chi connectivity index (χ3n) is 8.52. The number of benzene rings is 2. The Labute approximate surface area is 293 Å². The minimum atomic E-state index is -1.87. The summed E-state index contributed by atoms with van der Waals surface area (Å²) in [6, 6.07) is 18.4. The van der Waals surface area contributed by atoms with E-state index in [4.69, 9.17) is 28.4 Å². The highest BCUT2D eigenvalue weighted by Gasteiger charge is 2.56. The molecule has 0 aliphatic carbocycles. The number of esters is 4. The number of amides is 1. The van der Waals surface area contributed by atoms with Gasteiger partial charge in [0, 0.05) is 39.3 Å². The average molecular weight is 706 g/mol. The topological polar surface area (TPSA) is 179 Å². The van der Waals surface area contributed by atoms with Crippen molar-refractivity contribution in [3.63, 3.8) is 0 Å². The van der Waals surface area contributed by atoms with Gasteiger partial charge in [-0.1, -0.05) is 60.7 Å². The van der Waals surface area contributed by atoms with Crippen molar-refractivity contribution in [1.82, 2.24) is 14.7 Å². The van der Waals surface area contributed by atoms with Crippen molar-refractivity contribution >= 4 is 29.8 Å². The number of carbonyl (C=O) groups excluding carboxylic acids is 5. The summed E-state index contributed by atoms with van der Waals surface area (Å²) >= 11 is 0. The third-order valence-corrected chi connectivity index (χ3v) is 8.52. The molecule has 3 aromatic rings. The summed E-state index contributed by atoms with van der Waals surface area (Å²) < 4.78 is 34.6. The first-order valence-electron chi connectivity index (χ1n) is 16.3. The fourth-order valence-corrected chi connectivity index (χ4v) is 6.45. The Kier molecular flexibility index (Phi) is 11.2. The molecule has 0 N–H and O–H groups in total. The van der Waals surface area contributed by atoms with E-state index in [1.807, 2.05) is 74.5 Å². The lowest BCUT2D eigenvalue weighted by Crippen LogP contribution is -2.64. The Bertz CT molecular complexity index is 1790. The number of hydrogen-bond donors (Lipinski definition) is 0. The summed E-state index contributed by atoms with van der Waals surface area (Å²) in [6.45, 7) is 7.04. The van der Waals surface area contributed by atoms with Gasteiger partial charge in [0.1, 0.15) is 0 Å². The molecule has 15 heteroatoms. The van der Waals surface area contributed by atoms with E-state index in [0.29, 0.717) is 0 Å². The van der Waals surface area contributed by atoms with Crippen LogP contribution in [0.3, 0.4) is 0 Å². The highest BCUT2D eigenvalue weighted by Crippen LogP contribution is 2.40. The van der Waals surface area contributed by atoms with Gasteiger partial charge in [0.05, 0.1) is 19.3 Å². The number of carbonyl (C=O) groups is 5. The van der Waals surface area contributed by atoms with E-state index in [0.717, 1.165) is 45.2 Å². The first kappa shape index (κ1) is 36.7. The molecule has 1 saturated heterocycles. The number of nitrogens with zero attached hydrogens (tertiary/aromatic N) is 3.